The van der Waals surface area contributed by atoms with Crippen LogP contribution in [0.3, 0.4) is 0 Å². The van der Waals surface area contributed by atoms with Gasteiger partial charge in [0.1, 0.15) is 18.3 Å². The van der Waals surface area contributed by atoms with Crippen LogP contribution in [0.5, 0.6) is 0 Å². The van der Waals surface area contributed by atoms with Gasteiger partial charge in [0, 0.05) is 18.5 Å². The highest BCUT2D eigenvalue weighted by Crippen LogP contribution is 2.21. The molecule has 0 bridgehead atoms. The summed E-state index contributed by atoms with van der Waals surface area (Å²) in [5.41, 5.74) is 2.05. The molecule has 0 saturated heterocycles. The molecule has 0 aromatic carbocycles. The number of hydrogen-bond acceptors (Lipinski definition) is 6. The van der Waals surface area contributed by atoms with Gasteiger partial charge in [-0.3, -0.25) is 9.59 Å². The minimum absolute atomic E-state index is 0.0125. The van der Waals surface area contributed by atoms with Crippen LogP contribution in [0.2, 0.25) is 0 Å². The lowest BCUT2D eigenvalue weighted by molar-refractivity contribution is -0.141. The number of nitrogens with zero attached hydrogens (tertiary/aromatic N) is 3. The van der Waals surface area contributed by atoms with Gasteiger partial charge in [0.2, 0.25) is 5.56 Å². The molecule has 3 heterocycles. The molecule has 0 radical (unpaired) electrons. The first-order valence-corrected chi connectivity index (χ1v) is 8.40. The maximum Gasteiger partial charge on any atom is 0.316 e. The molecule has 3 aromatic heterocycles. The van der Waals surface area contributed by atoms with E-state index in [-0.39, 0.29) is 17.9 Å². The maximum absolute atomic E-state index is 11.9. The summed E-state index contributed by atoms with van der Waals surface area (Å²) in [7, 11) is 0. The standard InChI is InChI=1S/C17H14N4O3S/c1-11-6-15(22)20-17(13(11)7-18)25-10-16(23)24-9-12-8-21-5-3-2-4-14(21)19-12/h2-6,8H,9-10H2,1H3,(H,20,22). The maximum atomic E-state index is 11.9. The first kappa shape index (κ1) is 16.8. The highest BCUT2D eigenvalue weighted by atomic mass is 32.2. The van der Waals surface area contributed by atoms with Crippen molar-refractivity contribution in [1.82, 2.24) is 14.4 Å². The number of ether oxygens (including phenoxy) is 1. The molecule has 0 amide bonds. The van der Waals surface area contributed by atoms with Crippen molar-refractivity contribution in [3.63, 3.8) is 0 Å². The number of esters is 1. The SMILES string of the molecule is Cc1cc(=O)[nH]c(SCC(=O)OCc2cn3ccccc3n2)c1C#N. The molecule has 3 aromatic rings. The number of carbonyl (C=O) groups excluding carboxylic acids is 1. The third kappa shape index (κ3) is 3.89. The smallest absolute Gasteiger partial charge is 0.316 e. The fourth-order valence-electron chi connectivity index (χ4n) is 2.29. The molecule has 0 unspecified atom stereocenters. The Morgan fingerprint density at radius 2 is 2.32 bits per heavy atom. The van der Waals surface area contributed by atoms with Crippen LogP contribution in [0, 0.1) is 18.3 Å². The quantitative estimate of drug-likeness (QED) is 0.556. The van der Waals surface area contributed by atoms with E-state index in [1.54, 1.807) is 13.1 Å². The number of fused-ring (bicyclic) bond motifs is 1. The second-order valence-corrected chi connectivity index (χ2v) is 6.27. The molecule has 0 spiro atoms. The number of H-pyrrole nitrogens is 1. The molecule has 0 fully saturated rings. The molecule has 126 valence electrons. The van der Waals surface area contributed by atoms with Gasteiger partial charge >= 0.3 is 5.97 Å². The monoisotopic (exact) mass is 354 g/mol. The predicted molar refractivity (Wildman–Crippen MR) is 92.2 cm³/mol. The summed E-state index contributed by atoms with van der Waals surface area (Å²) in [6.45, 7) is 1.75. The van der Waals surface area contributed by atoms with Gasteiger partial charge in [-0.15, -0.1) is 0 Å². The molecule has 0 aliphatic carbocycles. The van der Waals surface area contributed by atoms with E-state index in [1.807, 2.05) is 34.9 Å². The average Bonchev–Trinajstić information content (AvgIpc) is 3.00. The van der Waals surface area contributed by atoms with Crippen LogP contribution in [0.25, 0.3) is 5.65 Å². The second-order valence-electron chi connectivity index (χ2n) is 5.28. The summed E-state index contributed by atoms with van der Waals surface area (Å²) in [6, 6.07) is 9.01. The molecule has 1 N–H and O–H groups in total. The summed E-state index contributed by atoms with van der Waals surface area (Å²) >= 11 is 1.07. The van der Waals surface area contributed by atoms with Crippen LogP contribution in [0.4, 0.5) is 0 Å². The zero-order chi connectivity index (χ0) is 17.8. The van der Waals surface area contributed by atoms with Crippen molar-refractivity contribution in [3.05, 3.63) is 63.8 Å². The van der Waals surface area contributed by atoms with E-state index in [4.69, 9.17) is 10.00 Å². The van der Waals surface area contributed by atoms with E-state index in [0.717, 1.165) is 17.4 Å². The molecule has 0 aliphatic heterocycles. The van der Waals surface area contributed by atoms with Crippen LogP contribution < -0.4 is 5.56 Å². The molecule has 0 aliphatic rings. The van der Waals surface area contributed by atoms with Gasteiger partial charge in [0.05, 0.1) is 22.0 Å². The Labute approximate surface area is 147 Å². The average molecular weight is 354 g/mol. The predicted octanol–water partition coefficient (Wildman–Crippen LogP) is 2.04. The fourth-order valence-corrected chi connectivity index (χ4v) is 3.16. The van der Waals surface area contributed by atoms with Crippen molar-refractivity contribution < 1.29 is 9.53 Å². The molecule has 25 heavy (non-hydrogen) atoms. The molecular formula is C17H14N4O3S. The summed E-state index contributed by atoms with van der Waals surface area (Å²) in [5, 5.41) is 9.54. The highest BCUT2D eigenvalue weighted by Gasteiger charge is 2.12. The highest BCUT2D eigenvalue weighted by molar-refractivity contribution is 7.99. The van der Waals surface area contributed by atoms with Crippen molar-refractivity contribution in [1.29, 1.82) is 5.26 Å². The van der Waals surface area contributed by atoms with Crippen molar-refractivity contribution in [2.75, 3.05) is 5.75 Å². The number of aryl methyl sites for hydroxylation is 1. The number of nitrogens with one attached hydrogen (secondary N) is 1. The number of carbonyl (C=O) groups is 1. The second kappa shape index (κ2) is 7.23. The molecule has 7 nitrogen and oxygen atoms in total. The van der Waals surface area contributed by atoms with E-state index in [0.29, 0.717) is 21.8 Å². The number of pyridine rings is 2. The molecule has 3 rings (SSSR count). The summed E-state index contributed by atoms with van der Waals surface area (Å²) < 4.78 is 7.04. The van der Waals surface area contributed by atoms with Crippen molar-refractivity contribution in [3.8, 4) is 6.07 Å². The van der Waals surface area contributed by atoms with Crippen LogP contribution in [0.1, 0.15) is 16.8 Å². The number of nitriles is 1. The first-order valence-electron chi connectivity index (χ1n) is 7.42. The molecular weight excluding hydrogens is 340 g/mol. The number of aromatic nitrogens is 3. The number of aromatic amines is 1. The van der Waals surface area contributed by atoms with E-state index >= 15 is 0 Å². The zero-order valence-corrected chi connectivity index (χ0v) is 14.2. The van der Waals surface area contributed by atoms with Crippen LogP contribution in [0.15, 0.2) is 46.5 Å². The number of imidazole rings is 1. The van der Waals surface area contributed by atoms with Crippen molar-refractivity contribution in [2.24, 2.45) is 0 Å². The van der Waals surface area contributed by atoms with Crippen molar-refractivity contribution in [2.45, 2.75) is 18.6 Å². The fraction of sp³-hybridized carbons (Fsp3) is 0.176. The Kier molecular flexibility index (Phi) is 4.86. The zero-order valence-electron chi connectivity index (χ0n) is 13.4. The normalized spacial score (nSPS) is 10.6. The number of thioether (sulfide) groups is 1. The van der Waals surface area contributed by atoms with Gasteiger partial charge in [-0.05, 0) is 24.6 Å². The lowest BCUT2D eigenvalue weighted by Crippen LogP contribution is -2.11. The van der Waals surface area contributed by atoms with E-state index < -0.39 is 5.97 Å². The minimum Gasteiger partial charge on any atom is -0.458 e. The molecule has 0 atom stereocenters. The molecule has 8 heteroatoms. The van der Waals surface area contributed by atoms with Gasteiger partial charge in [0.15, 0.2) is 0 Å². The first-order chi connectivity index (χ1) is 12.1. The Hall–Kier alpha value is -3.05. The van der Waals surface area contributed by atoms with E-state index in [1.165, 1.54) is 6.07 Å². The van der Waals surface area contributed by atoms with Gasteiger partial charge < -0.3 is 14.1 Å². The Morgan fingerprint density at radius 1 is 1.48 bits per heavy atom. The van der Waals surface area contributed by atoms with Gasteiger partial charge in [-0.1, -0.05) is 17.8 Å². The van der Waals surface area contributed by atoms with Crippen molar-refractivity contribution >= 4 is 23.4 Å². The van der Waals surface area contributed by atoms with Gasteiger partial charge in [-0.2, -0.15) is 5.26 Å². The van der Waals surface area contributed by atoms with E-state index in [2.05, 4.69) is 9.97 Å². The summed E-state index contributed by atoms with van der Waals surface area (Å²) in [5.74, 6) is -0.463. The van der Waals surface area contributed by atoms with Gasteiger partial charge in [0.25, 0.3) is 0 Å². The summed E-state index contributed by atoms with van der Waals surface area (Å²) in [4.78, 5) is 30.4. The third-order valence-corrected chi connectivity index (χ3v) is 4.42. The number of hydrogen-bond donors (Lipinski definition) is 1. The lowest BCUT2D eigenvalue weighted by Gasteiger charge is -2.06. The lowest BCUT2D eigenvalue weighted by atomic mass is 10.2. The van der Waals surface area contributed by atoms with Gasteiger partial charge in [-0.25, -0.2) is 4.98 Å². The topological polar surface area (TPSA) is 100 Å². The number of rotatable bonds is 5. The Balaban J connectivity index is 1.60. The summed E-state index contributed by atoms with van der Waals surface area (Å²) in [6.07, 6.45) is 3.66. The minimum atomic E-state index is -0.451. The Morgan fingerprint density at radius 3 is 3.08 bits per heavy atom. The Bertz CT molecular complexity index is 999. The molecule has 0 saturated carbocycles. The van der Waals surface area contributed by atoms with Crippen LogP contribution in [-0.4, -0.2) is 26.1 Å². The third-order valence-electron chi connectivity index (χ3n) is 3.45. The van der Waals surface area contributed by atoms with Crippen LogP contribution >= 0.6 is 11.8 Å². The largest absolute Gasteiger partial charge is 0.458 e. The van der Waals surface area contributed by atoms with E-state index in [9.17, 15) is 9.59 Å². The van der Waals surface area contributed by atoms with Crippen LogP contribution in [-0.2, 0) is 16.1 Å².